The van der Waals surface area contributed by atoms with Crippen molar-refractivity contribution in [3.63, 3.8) is 0 Å². The number of hydrogen-bond acceptors (Lipinski definition) is 7. The van der Waals surface area contributed by atoms with Crippen LogP contribution < -0.4 is 5.73 Å². The van der Waals surface area contributed by atoms with Gasteiger partial charge in [-0.05, 0) is 57.8 Å². The van der Waals surface area contributed by atoms with Crippen LogP contribution in [0.25, 0.3) is 0 Å². The molecule has 0 aromatic carbocycles. The normalized spacial score (nSPS) is 14.0. The van der Waals surface area contributed by atoms with Crippen molar-refractivity contribution < 1.29 is 32.8 Å². The van der Waals surface area contributed by atoms with Crippen molar-refractivity contribution in [1.29, 1.82) is 0 Å². The lowest BCUT2D eigenvalue weighted by Crippen LogP contribution is -2.28. The summed E-state index contributed by atoms with van der Waals surface area (Å²) in [5.74, 6) is -0.337. The number of unbranched alkanes of at least 4 members (excludes halogenated alkanes) is 21. The molecule has 0 bridgehead atoms. The molecule has 0 aromatic heterocycles. The van der Waals surface area contributed by atoms with E-state index in [4.69, 9.17) is 24.3 Å². The van der Waals surface area contributed by atoms with Crippen molar-refractivity contribution in [3.05, 3.63) is 60.8 Å². The third-order valence-corrected chi connectivity index (χ3v) is 10.7. The van der Waals surface area contributed by atoms with Crippen LogP contribution in [0.1, 0.15) is 200 Å². The van der Waals surface area contributed by atoms with Crippen LogP contribution in [-0.2, 0) is 27.9 Å². The summed E-state index contributed by atoms with van der Waals surface area (Å²) in [6.45, 7) is 4.81. The Morgan fingerprint density at radius 1 is 0.544 bits per heavy atom. The zero-order valence-electron chi connectivity index (χ0n) is 36.8. The van der Waals surface area contributed by atoms with Crippen molar-refractivity contribution in [2.45, 2.75) is 206 Å². The van der Waals surface area contributed by atoms with Crippen molar-refractivity contribution >= 4 is 13.8 Å². The number of allylic oxidation sites excluding steroid dienone is 10. The highest BCUT2D eigenvalue weighted by Crippen LogP contribution is 2.43. The van der Waals surface area contributed by atoms with Gasteiger partial charge < -0.3 is 20.1 Å². The molecule has 0 radical (unpaired) electrons. The van der Waals surface area contributed by atoms with Gasteiger partial charge in [-0.15, -0.1) is 0 Å². The van der Waals surface area contributed by atoms with Crippen LogP contribution in [0.5, 0.6) is 0 Å². The summed E-state index contributed by atoms with van der Waals surface area (Å²) in [6.07, 6.45) is 55.2. The Hall–Kier alpha value is -1.80. The molecule has 0 aliphatic heterocycles. The average molecular weight is 822 g/mol. The van der Waals surface area contributed by atoms with E-state index in [9.17, 15) is 14.3 Å². The number of carbonyl (C=O) groups excluding carboxylic acids is 1. The maximum Gasteiger partial charge on any atom is 0.472 e. The van der Waals surface area contributed by atoms with Gasteiger partial charge in [0.1, 0.15) is 6.10 Å². The Balaban J connectivity index is 3.97. The van der Waals surface area contributed by atoms with Crippen molar-refractivity contribution in [3.8, 4) is 0 Å². The van der Waals surface area contributed by atoms with Gasteiger partial charge in [-0.1, -0.05) is 197 Å². The summed E-state index contributed by atoms with van der Waals surface area (Å²) in [4.78, 5) is 22.5. The molecule has 2 atom stereocenters. The summed E-state index contributed by atoms with van der Waals surface area (Å²) in [5, 5.41) is 0. The van der Waals surface area contributed by atoms with Crippen LogP contribution in [0.3, 0.4) is 0 Å². The molecule has 0 aliphatic carbocycles. The topological polar surface area (TPSA) is 117 Å². The van der Waals surface area contributed by atoms with Crippen molar-refractivity contribution in [2.75, 3.05) is 33.0 Å². The molecular weight excluding hydrogens is 734 g/mol. The van der Waals surface area contributed by atoms with Gasteiger partial charge in [0.25, 0.3) is 0 Å². The van der Waals surface area contributed by atoms with Crippen LogP contribution in [0.15, 0.2) is 60.8 Å². The lowest BCUT2D eigenvalue weighted by atomic mass is 10.0. The van der Waals surface area contributed by atoms with Gasteiger partial charge in [0, 0.05) is 19.6 Å². The number of rotatable bonds is 44. The first kappa shape index (κ1) is 55.2. The number of hydrogen-bond donors (Lipinski definition) is 2. The minimum Gasteiger partial charge on any atom is -0.457 e. The maximum atomic E-state index is 12.6. The molecule has 0 saturated carbocycles. The first-order valence-corrected chi connectivity index (χ1v) is 24.8. The van der Waals surface area contributed by atoms with E-state index in [0.29, 0.717) is 13.0 Å². The molecule has 0 rings (SSSR count). The van der Waals surface area contributed by atoms with Gasteiger partial charge in [-0.25, -0.2) is 4.57 Å². The number of ether oxygens (including phenoxy) is 2. The second-order valence-corrected chi connectivity index (χ2v) is 16.7. The Morgan fingerprint density at radius 3 is 1.47 bits per heavy atom. The van der Waals surface area contributed by atoms with E-state index < -0.39 is 13.9 Å². The predicted octanol–water partition coefficient (Wildman–Crippen LogP) is 14.1. The molecule has 9 heteroatoms. The second kappa shape index (κ2) is 45.3. The van der Waals surface area contributed by atoms with Gasteiger partial charge in [0.15, 0.2) is 0 Å². The van der Waals surface area contributed by atoms with E-state index in [-0.39, 0.29) is 32.3 Å². The molecule has 57 heavy (non-hydrogen) atoms. The van der Waals surface area contributed by atoms with E-state index in [0.717, 1.165) is 70.6 Å². The fourth-order valence-electron chi connectivity index (χ4n) is 6.32. The third kappa shape index (κ3) is 45.1. The van der Waals surface area contributed by atoms with E-state index >= 15 is 0 Å². The molecule has 332 valence electrons. The average Bonchev–Trinajstić information content (AvgIpc) is 3.20. The van der Waals surface area contributed by atoms with Crippen LogP contribution in [0.2, 0.25) is 0 Å². The Labute approximate surface area is 351 Å². The zero-order chi connectivity index (χ0) is 41.6. The van der Waals surface area contributed by atoms with E-state index in [1.54, 1.807) is 0 Å². The molecule has 0 fully saturated rings. The van der Waals surface area contributed by atoms with Gasteiger partial charge in [0.2, 0.25) is 0 Å². The number of esters is 1. The summed E-state index contributed by atoms with van der Waals surface area (Å²) in [6, 6.07) is 0. The van der Waals surface area contributed by atoms with Crippen LogP contribution in [0.4, 0.5) is 0 Å². The third-order valence-electron chi connectivity index (χ3n) is 9.70. The number of nitrogens with two attached hydrogens (primary N) is 1. The summed E-state index contributed by atoms with van der Waals surface area (Å²) in [5.41, 5.74) is 5.37. The van der Waals surface area contributed by atoms with Crippen molar-refractivity contribution in [1.82, 2.24) is 0 Å². The highest BCUT2D eigenvalue weighted by atomic mass is 31.2. The smallest absolute Gasteiger partial charge is 0.457 e. The first-order valence-electron chi connectivity index (χ1n) is 23.3. The Morgan fingerprint density at radius 2 is 0.982 bits per heavy atom. The van der Waals surface area contributed by atoms with Crippen LogP contribution in [0, 0.1) is 0 Å². The molecule has 0 heterocycles. The van der Waals surface area contributed by atoms with Gasteiger partial charge >= 0.3 is 13.8 Å². The minimum absolute atomic E-state index is 0.0976. The summed E-state index contributed by atoms with van der Waals surface area (Å²) >= 11 is 0. The van der Waals surface area contributed by atoms with Crippen molar-refractivity contribution in [2.24, 2.45) is 5.73 Å². The summed E-state index contributed by atoms with van der Waals surface area (Å²) < 4.78 is 33.5. The Kier molecular flexibility index (Phi) is 43.9. The van der Waals surface area contributed by atoms with Gasteiger partial charge in [-0.3, -0.25) is 13.8 Å². The fourth-order valence-corrected chi connectivity index (χ4v) is 7.08. The molecule has 0 aliphatic rings. The molecule has 2 unspecified atom stereocenters. The van der Waals surface area contributed by atoms with Crippen LogP contribution >= 0.6 is 7.82 Å². The predicted molar refractivity (Wildman–Crippen MR) is 242 cm³/mol. The molecule has 0 saturated heterocycles. The van der Waals surface area contributed by atoms with E-state index in [1.165, 1.54) is 109 Å². The second-order valence-electron chi connectivity index (χ2n) is 15.2. The highest BCUT2D eigenvalue weighted by Gasteiger charge is 2.25. The lowest BCUT2D eigenvalue weighted by Gasteiger charge is -2.20. The molecule has 0 amide bonds. The minimum atomic E-state index is -4.28. The van der Waals surface area contributed by atoms with E-state index in [2.05, 4.69) is 74.6 Å². The monoisotopic (exact) mass is 822 g/mol. The molecular formula is C48H88NO7P. The molecule has 3 N–H and O–H groups in total. The van der Waals surface area contributed by atoms with Crippen LogP contribution in [-0.4, -0.2) is 49.9 Å². The first-order chi connectivity index (χ1) is 27.9. The molecule has 0 spiro atoms. The van der Waals surface area contributed by atoms with Gasteiger partial charge in [0.05, 0.1) is 19.8 Å². The molecule has 8 nitrogen and oxygen atoms in total. The summed E-state index contributed by atoms with van der Waals surface area (Å²) in [7, 11) is -4.28. The van der Waals surface area contributed by atoms with Gasteiger partial charge in [-0.2, -0.15) is 0 Å². The quantitative estimate of drug-likeness (QED) is 0.0270. The zero-order valence-corrected chi connectivity index (χ0v) is 37.7. The number of carbonyl (C=O) groups is 1. The highest BCUT2D eigenvalue weighted by molar-refractivity contribution is 7.47. The maximum absolute atomic E-state index is 12.6. The lowest BCUT2D eigenvalue weighted by molar-refractivity contribution is -0.154. The number of phosphoric ester groups is 1. The number of phosphoric acid groups is 1. The standard InChI is InChI=1S/C48H88NO7P/c1-3-5-7-9-11-13-15-17-18-19-20-21-22-23-24-25-26-27-28-29-31-33-35-37-39-41-48(50)56-47(46-55-57(51,52)54-44-42-49)45-53-43-40-38-36-34-32-30-16-14-12-10-8-6-4-2/h5,7,11,13,17-18,20-21,23-24,47H,3-4,6,8-10,12,14-16,19,22,25-46,49H2,1-2H3,(H,51,52)/b7-5-,13-11-,18-17-,21-20-,24-23-. The SMILES string of the molecule is CC/C=C\C/C=C\C/C=C\C/C=C\C/C=C\CCCCCCCCCCCC(=O)OC(COCCCCCCCCCCCCCCC)COP(=O)(O)OCCN. The molecule has 0 aromatic rings. The van der Waals surface area contributed by atoms with E-state index in [1.807, 2.05) is 0 Å². The Bertz CT molecular complexity index is 1060. The largest absolute Gasteiger partial charge is 0.472 e. The fraction of sp³-hybridized carbons (Fsp3) is 0.771.